The molecule has 1 unspecified atom stereocenters. The highest BCUT2D eigenvalue weighted by molar-refractivity contribution is 5.33. The molecular weight excluding hydrogens is 249 g/mol. The Morgan fingerprint density at radius 3 is 2.40 bits per heavy atom. The summed E-state index contributed by atoms with van der Waals surface area (Å²) in [7, 11) is 0. The zero-order valence-electron chi connectivity index (χ0n) is 12.3. The van der Waals surface area contributed by atoms with Crippen LogP contribution in [-0.4, -0.2) is 6.17 Å². The van der Waals surface area contributed by atoms with Gasteiger partial charge in [0.05, 0.1) is 11.6 Å². The van der Waals surface area contributed by atoms with Crippen LogP contribution < -0.4 is 0 Å². The molecule has 2 heteroatoms. The molecule has 0 radical (unpaired) electrons. The lowest BCUT2D eigenvalue weighted by Crippen LogP contribution is -2.17. The fourth-order valence-corrected chi connectivity index (χ4v) is 3.35. The van der Waals surface area contributed by atoms with Gasteiger partial charge >= 0.3 is 0 Å². The number of nitrogens with zero attached hydrogens (tertiary/aromatic N) is 1. The van der Waals surface area contributed by atoms with Crippen LogP contribution in [0.3, 0.4) is 0 Å². The summed E-state index contributed by atoms with van der Waals surface area (Å²) in [6, 6.07) is 10.1. The topological polar surface area (TPSA) is 23.8 Å². The molecule has 1 aromatic rings. The first-order valence-corrected chi connectivity index (χ1v) is 7.87. The molecule has 0 amide bonds. The van der Waals surface area contributed by atoms with E-state index in [1.165, 1.54) is 5.56 Å². The number of rotatable bonds is 5. The third-order valence-electron chi connectivity index (χ3n) is 4.55. The molecule has 0 spiro atoms. The molecule has 0 bridgehead atoms. The molecule has 1 nitrogen and oxygen atoms in total. The Hall–Kier alpha value is -1.36. The van der Waals surface area contributed by atoms with Gasteiger partial charge in [0, 0.05) is 0 Å². The molecule has 2 rings (SSSR count). The molecule has 0 heterocycles. The average Bonchev–Trinajstić information content (AvgIpc) is 2.48. The SMILES string of the molecule is CCCC(F)C[C@H]1CC[C@H](c2ccc(C#N)cc2)CC1. The Kier molecular flexibility index (Phi) is 5.59. The predicted octanol–water partition coefficient (Wildman–Crippen LogP) is 5.36. The van der Waals surface area contributed by atoms with Crippen LogP contribution in [0.1, 0.15) is 68.9 Å². The van der Waals surface area contributed by atoms with E-state index in [1.54, 1.807) is 0 Å². The van der Waals surface area contributed by atoms with Crippen molar-refractivity contribution in [3.63, 3.8) is 0 Å². The number of benzene rings is 1. The van der Waals surface area contributed by atoms with Crippen LogP contribution in [0.25, 0.3) is 0 Å². The monoisotopic (exact) mass is 273 g/mol. The molecule has 108 valence electrons. The fraction of sp³-hybridized carbons (Fsp3) is 0.611. The van der Waals surface area contributed by atoms with E-state index in [0.717, 1.165) is 50.5 Å². The number of halogens is 1. The Balaban J connectivity index is 1.83. The molecule has 1 atom stereocenters. The van der Waals surface area contributed by atoms with Crippen molar-refractivity contribution in [2.75, 3.05) is 0 Å². The summed E-state index contributed by atoms with van der Waals surface area (Å²) in [6.45, 7) is 2.05. The summed E-state index contributed by atoms with van der Waals surface area (Å²) >= 11 is 0. The van der Waals surface area contributed by atoms with Crippen molar-refractivity contribution < 1.29 is 4.39 Å². The maximum atomic E-state index is 13.7. The van der Waals surface area contributed by atoms with Crippen molar-refractivity contribution in [2.24, 2.45) is 5.92 Å². The molecular formula is C18H24FN. The van der Waals surface area contributed by atoms with Crippen molar-refractivity contribution in [1.29, 1.82) is 5.26 Å². The summed E-state index contributed by atoms with van der Waals surface area (Å²) in [5, 5.41) is 8.82. The molecule has 0 N–H and O–H groups in total. The third-order valence-corrected chi connectivity index (χ3v) is 4.55. The van der Waals surface area contributed by atoms with Gasteiger partial charge in [0.2, 0.25) is 0 Å². The minimum atomic E-state index is -0.600. The molecule has 1 aromatic carbocycles. The van der Waals surface area contributed by atoms with Gasteiger partial charge in [-0.05, 0) is 68.1 Å². The van der Waals surface area contributed by atoms with Gasteiger partial charge in [0.25, 0.3) is 0 Å². The van der Waals surface area contributed by atoms with Gasteiger partial charge < -0.3 is 0 Å². The van der Waals surface area contributed by atoms with Gasteiger partial charge in [0.15, 0.2) is 0 Å². The van der Waals surface area contributed by atoms with Gasteiger partial charge in [-0.25, -0.2) is 4.39 Å². The Labute approximate surface area is 121 Å². The Bertz CT molecular complexity index is 437. The van der Waals surface area contributed by atoms with Crippen molar-refractivity contribution in [3.8, 4) is 6.07 Å². The van der Waals surface area contributed by atoms with Crippen LogP contribution in [-0.2, 0) is 0 Å². The van der Waals surface area contributed by atoms with E-state index in [1.807, 2.05) is 19.1 Å². The summed E-state index contributed by atoms with van der Waals surface area (Å²) in [5.74, 6) is 1.18. The van der Waals surface area contributed by atoms with Crippen LogP contribution in [0.2, 0.25) is 0 Å². The second-order valence-electron chi connectivity index (χ2n) is 6.07. The quantitative estimate of drug-likeness (QED) is 0.708. The Morgan fingerprint density at radius 1 is 1.20 bits per heavy atom. The number of alkyl halides is 1. The summed E-state index contributed by atoms with van der Waals surface area (Å²) in [5.41, 5.74) is 2.06. The second-order valence-corrected chi connectivity index (χ2v) is 6.07. The highest BCUT2D eigenvalue weighted by Gasteiger charge is 2.24. The molecule has 1 fully saturated rings. The van der Waals surface area contributed by atoms with Crippen LogP contribution in [0, 0.1) is 17.2 Å². The lowest BCUT2D eigenvalue weighted by Gasteiger charge is -2.29. The molecule has 20 heavy (non-hydrogen) atoms. The van der Waals surface area contributed by atoms with E-state index in [2.05, 4.69) is 18.2 Å². The number of hydrogen-bond donors (Lipinski definition) is 0. The zero-order chi connectivity index (χ0) is 14.4. The first kappa shape index (κ1) is 15.0. The maximum absolute atomic E-state index is 13.7. The van der Waals surface area contributed by atoms with Crippen molar-refractivity contribution >= 4 is 0 Å². The molecule has 1 saturated carbocycles. The standard InChI is InChI=1S/C18H24FN/c1-2-3-18(19)12-14-4-8-16(9-5-14)17-10-6-15(13-20)7-11-17/h6-7,10-11,14,16,18H,2-5,8-9,12H2,1H3/t14-,16-,18?. The molecule has 0 saturated heterocycles. The van der Waals surface area contributed by atoms with Crippen LogP contribution in [0.15, 0.2) is 24.3 Å². The average molecular weight is 273 g/mol. The van der Waals surface area contributed by atoms with E-state index in [-0.39, 0.29) is 0 Å². The van der Waals surface area contributed by atoms with E-state index in [0.29, 0.717) is 11.8 Å². The maximum Gasteiger partial charge on any atom is 0.100 e. The number of hydrogen-bond acceptors (Lipinski definition) is 1. The third kappa shape index (κ3) is 4.07. The summed E-state index contributed by atoms with van der Waals surface area (Å²) in [4.78, 5) is 0. The highest BCUT2D eigenvalue weighted by Crippen LogP contribution is 2.38. The lowest BCUT2D eigenvalue weighted by atomic mass is 9.76. The second kappa shape index (κ2) is 7.43. The first-order chi connectivity index (χ1) is 9.72. The lowest BCUT2D eigenvalue weighted by molar-refractivity contribution is 0.212. The molecule has 0 aliphatic heterocycles. The van der Waals surface area contributed by atoms with Crippen LogP contribution in [0.5, 0.6) is 0 Å². The van der Waals surface area contributed by atoms with Gasteiger partial charge in [-0.3, -0.25) is 0 Å². The molecule has 0 aromatic heterocycles. The first-order valence-electron chi connectivity index (χ1n) is 7.87. The van der Waals surface area contributed by atoms with Gasteiger partial charge in [-0.1, -0.05) is 25.5 Å². The van der Waals surface area contributed by atoms with E-state index < -0.39 is 6.17 Å². The van der Waals surface area contributed by atoms with Crippen LogP contribution in [0.4, 0.5) is 4.39 Å². The minimum Gasteiger partial charge on any atom is -0.247 e. The smallest absolute Gasteiger partial charge is 0.100 e. The van der Waals surface area contributed by atoms with Crippen molar-refractivity contribution in [3.05, 3.63) is 35.4 Å². The van der Waals surface area contributed by atoms with Gasteiger partial charge in [-0.15, -0.1) is 0 Å². The van der Waals surface area contributed by atoms with E-state index in [9.17, 15) is 4.39 Å². The van der Waals surface area contributed by atoms with Crippen molar-refractivity contribution in [2.45, 2.75) is 64.0 Å². The largest absolute Gasteiger partial charge is 0.247 e. The fourth-order valence-electron chi connectivity index (χ4n) is 3.35. The highest BCUT2D eigenvalue weighted by atomic mass is 19.1. The number of nitriles is 1. The normalized spacial score (nSPS) is 24.1. The predicted molar refractivity (Wildman–Crippen MR) is 80.3 cm³/mol. The van der Waals surface area contributed by atoms with E-state index >= 15 is 0 Å². The van der Waals surface area contributed by atoms with Crippen molar-refractivity contribution in [1.82, 2.24) is 0 Å². The Morgan fingerprint density at radius 2 is 1.85 bits per heavy atom. The van der Waals surface area contributed by atoms with Gasteiger partial charge in [0.1, 0.15) is 6.17 Å². The summed E-state index contributed by atoms with van der Waals surface area (Å²) < 4.78 is 13.7. The van der Waals surface area contributed by atoms with Gasteiger partial charge in [-0.2, -0.15) is 5.26 Å². The minimum absolute atomic E-state index is 0.575. The molecule has 1 aliphatic rings. The van der Waals surface area contributed by atoms with E-state index in [4.69, 9.17) is 5.26 Å². The zero-order valence-corrected chi connectivity index (χ0v) is 12.3. The molecule has 1 aliphatic carbocycles. The van der Waals surface area contributed by atoms with Crippen LogP contribution >= 0.6 is 0 Å². The summed E-state index contributed by atoms with van der Waals surface area (Å²) in [6.07, 6.45) is 6.44.